The Kier molecular flexibility index (Phi) is 4.85. The van der Waals surface area contributed by atoms with Crippen LogP contribution in [0.5, 0.6) is 0 Å². The van der Waals surface area contributed by atoms with Gasteiger partial charge in [-0.05, 0) is 6.42 Å². The van der Waals surface area contributed by atoms with Gasteiger partial charge in [0.05, 0.1) is 12.6 Å². The number of imidazole rings is 1. The summed E-state index contributed by atoms with van der Waals surface area (Å²) in [5.74, 6) is 1.25. The first-order valence-corrected chi connectivity index (χ1v) is 5.26. The van der Waals surface area contributed by atoms with Crippen LogP contribution in [0, 0.1) is 11.3 Å². The zero-order chi connectivity index (χ0) is 11.1. The summed E-state index contributed by atoms with van der Waals surface area (Å²) < 4.78 is 9.39. The number of ether oxygens (including phenoxy) is 1. The maximum Gasteiger partial charge on any atom is 0.258 e. The van der Waals surface area contributed by atoms with Gasteiger partial charge in [0.15, 0.2) is 6.73 Å². The summed E-state index contributed by atoms with van der Waals surface area (Å²) in [5.41, 5.74) is 0. The zero-order valence-electron chi connectivity index (χ0n) is 9.44. The summed E-state index contributed by atoms with van der Waals surface area (Å²) in [5, 5.41) is 8.48. The molecule has 0 aliphatic heterocycles. The topological polar surface area (TPSA) is 41.8 Å². The molecule has 1 aromatic heterocycles. The Morgan fingerprint density at radius 3 is 3.00 bits per heavy atom. The molecule has 0 N–H and O–H groups in total. The largest absolute Gasteiger partial charge is 0.345 e. The van der Waals surface area contributed by atoms with Crippen molar-refractivity contribution in [3.8, 4) is 6.07 Å². The van der Waals surface area contributed by atoms with Gasteiger partial charge in [-0.2, -0.15) is 5.26 Å². The van der Waals surface area contributed by atoms with Crippen molar-refractivity contribution >= 4 is 0 Å². The van der Waals surface area contributed by atoms with Gasteiger partial charge in [-0.1, -0.05) is 6.92 Å². The predicted molar refractivity (Wildman–Crippen MR) is 55.9 cm³/mol. The Morgan fingerprint density at radius 1 is 1.60 bits per heavy atom. The van der Waals surface area contributed by atoms with E-state index in [0.29, 0.717) is 13.2 Å². The van der Waals surface area contributed by atoms with Gasteiger partial charge in [-0.25, -0.2) is 9.13 Å². The van der Waals surface area contributed by atoms with E-state index >= 15 is 0 Å². The van der Waals surface area contributed by atoms with Crippen molar-refractivity contribution in [2.45, 2.75) is 39.5 Å². The number of aromatic nitrogens is 2. The van der Waals surface area contributed by atoms with Gasteiger partial charge in [-0.15, -0.1) is 0 Å². The summed E-state index contributed by atoms with van der Waals surface area (Å²) in [4.78, 5) is 0. The fraction of sp³-hybridized carbons (Fsp3) is 0.636. The fourth-order valence-corrected chi connectivity index (χ4v) is 1.69. The quantitative estimate of drug-likeness (QED) is 0.521. The minimum absolute atomic E-state index is 0.592. The lowest BCUT2D eigenvalue weighted by Gasteiger charge is -2.01. The third-order valence-corrected chi connectivity index (χ3v) is 2.36. The average molecular weight is 208 g/mol. The average Bonchev–Trinajstić information content (AvgIpc) is 2.62. The van der Waals surface area contributed by atoms with Gasteiger partial charge in [0, 0.05) is 20.0 Å². The maximum atomic E-state index is 8.48. The highest BCUT2D eigenvalue weighted by atomic mass is 16.5. The van der Waals surface area contributed by atoms with E-state index in [4.69, 9.17) is 10.00 Å². The molecule has 4 heteroatoms. The van der Waals surface area contributed by atoms with E-state index in [1.807, 2.05) is 6.20 Å². The molecular weight excluding hydrogens is 190 g/mol. The Hall–Kier alpha value is -1.34. The van der Waals surface area contributed by atoms with E-state index in [-0.39, 0.29) is 0 Å². The van der Waals surface area contributed by atoms with Crippen molar-refractivity contribution in [2.24, 2.45) is 0 Å². The highest BCUT2D eigenvalue weighted by molar-refractivity contribution is 4.83. The summed E-state index contributed by atoms with van der Waals surface area (Å²) in [6.45, 7) is 3.63. The van der Waals surface area contributed by atoms with Gasteiger partial charge in [0.25, 0.3) is 5.82 Å². The predicted octanol–water partition coefficient (Wildman–Crippen LogP) is 1.25. The highest BCUT2D eigenvalue weighted by Crippen LogP contribution is 2.00. The molecule has 0 aliphatic rings. The lowest BCUT2D eigenvalue weighted by molar-refractivity contribution is -0.737. The number of hydrogen-bond donors (Lipinski definition) is 0. The molecule has 0 radical (unpaired) electrons. The van der Waals surface area contributed by atoms with Crippen LogP contribution < -0.4 is 4.57 Å². The van der Waals surface area contributed by atoms with E-state index in [0.717, 1.165) is 19.4 Å². The lowest BCUT2D eigenvalue weighted by Crippen LogP contribution is -2.37. The summed E-state index contributed by atoms with van der Waals surface area (Å²) in [6.07, 6.45) is 6.57. The SMILES string of the molecule is CCc1n(CCCC#N)cc[n+]1COC. The number of nitrogens with zero attached hydrogens (tertiary/aromatic N) is 3. The van der Waals surface area contributed by atoms with Crippen LogP contribution in [0.15, 0.2) is 12.4 Å². The molecule has 1 rings (SSSR count). The second kappa shape index (κ2) is 6.20. The molecule has 0 spiro atoms. The molecule has 4 nitrogen and oxygen atoms in total. The van der Waals surface area contributed by atoms with Crippen molar-refractivity contribution in [1.29, 1.82) is 5.26 Å². The normalized spacial score (nSPS) is 10.2. The molecular formula is C11H18N3O+. The number of hydrogen-bond acceptors (Lipinski definition) is 2. The number of unbranched alkanes of at least 4 members (excludes halogenated alkanes) is 1. The van der Waals surface area contributed by atoms with Crippen molar-refractivity contribution < 1.29 is 9.30 Å². The van der Waals surface area contributed by atoms with Gasteiger partial charge < -0.3 is 4.74 Å². The van der Waals surface area contributed by atoms with Crippen LogP contribution in [0.25, 0.3) is 0 Å². The van der Waals surface area contributed by atoms with E-state index in [1.54, 1.807) is 7.11 Å². The smallest absolute Gasteiger partial charge is 0.258 e. The van der Waals surface area contributed by atoms with E-state index < -0.39 is 0 Å². The number of nitriles is 1. The molecule has 0 fully saturated rings. The van der Waals surface area contributed by atoms with Gasteiger partial charge in [0.1, 0.15) is 12.4 Å². The molecule has 0 saturated heterocycles. The summed E-state index contributed by atoms with van der Waals surface area (Å²) in [7, 11) is 1.69. The third kappa shape index (κ3) is 3.07. The first-order valence-electron chi connectivity index (χ1n) is 5.26. The molecule has 0 saturated carbocycles. The molecule has 0 atom stereocenters. The van der Waals surface area contributed by atoms with E-state index in [9.17, 15) is 0 Å². The minimum atomic E-state index is 0.592. The lowest BCUT2D eigenvalue weighted by atomic mass is 10.3. The van der Waals surface area contributed by atoms with Gasteiger partial charge >= 0.3 is 0 Å². The second-order valence-electron chi connectivity index (χ2n) is 3.41. The standard InChI is InChI=1S/C11H18N3O/c1-3-11-13(7-5-4-6-12)8-9-14(11)10-15-2/h8-9H,3-5,7,10H2,1-2H3/q+1. The monoisotopic (exact) mass is 208 g/mol. The number of aryl methyl sites for hydroxylation is 1. The zero-order valence-corrected chi connectivity index (χ0v) is 9.44. The number of methoxy groups -OCH3 is 1. The summed E-state index contributed by atoms with van der Waals surface area (Å²) in [6, 6.07) is 2.16. The van der Waals surface area contributed by atoms with Crippen LogP contribution in [0.1, 0.15) is 25.6 Å². The number of rotatable bonds is 6. The molecule has 0 unspecified atom stereocenters. The minimum Gasteiger partial charge on any atom is -0.345 e. The van der Waals surface area contributed by atoms with Crippen LogP contribution in [-0.4, -0.2) is 11.7 Å². The molecule has 0 bridgehead atoms. The molecule has 82 valence electrons. The fourth-order valence-electron chi connectivity index (χ4n) is 1.69. The maximum absolute atomic E-state index is 8.48. The van der Waals surface area contributed by atoms with Gasteiger partial charge in [0.2, 0.25) is 0 Å². The van der Waals surface area contributed by atoms with Crippen LogP contribution in [0.4, 0.5) is 0 Å². The van der Waals surface area contributed by atoms with Crippen molar-refractivity contribution in [2.75, 3.05) is 7.11 Å². The highest BCUT2D eigenvalue weighted by Gasteiger charge is 2.13. The Labute approximate surface area is 90.7 Å². The molecule has 0 aromatic carbocycles. The van der Waals surface area contributed by atoms with Crippen LogP contribution in [0.3, 0.4) is 0 Å². The Bertz CT molecular complexity index is 338. The molecule has 0 amide bonds. The van der Waals surface area contributed by atoms with Crippen LogP contribution in [-0.2, 0) is 24.4 Å². The molecule has 15 heavy (non-hydrogen) atoms. The second-order valence-corrected chi connectivity index (χ2v) is 3.41. The first kappa shape index (κ1) is 11.7. The first-order chi connectivity index (χ1) is 7.33. The Morgan fingerprint density at radius 2 is 2.40 bits per heavy atom. The van der Waals surface area contributed by atoms with Crippen molar-refractivity contribution in [3.63, 3.8) is 0 Å². The third-order valence-electron chi connectivity index (χ3n) is 2.36. The van der Waals surface area contributed by atoms with Crippen LogP contribution >= 0.6 is 0 Å². The summed E-state index contributed by atoms with van der Waals surface area (Å²) >= 11 is 0. The molecule has 0 aliphatic carbocycles. The Balaban J connectivity index is 2.67. The van der Waals surface area contributed by atoms with Gasteiger partial charge in [-0.3, -0.25) is 0 Å². The van der Waals surface area contributed by atoms with Crippen molar-refractivity contribution in [3.05, 3.63) is 18.2 Å². The molecule has 1 heterocycles. The van der Waals surface area contributed by atoms with E-state index in [2.05, 4.69) is 28.3 Å². The van der Waals surface area contributed by atoms with Crippen LogP contribution in [0.2, 0.25) is 0 Å². The molecule has 1 aromatic rings. The van der Waals surface area contributed by atoms with E-state index in [1.165, 1.54) is 5.82 Å². The van der Waals surface area contributed by atoms with Crippen molar-refractivity contribution in [1.82, 2.24) is 4.57 Å².